The molecule has 0 saturated carbocycles. The van der Waals surface area contributed by atoms with Gasteiger partial charge in [0.2, 0.25) is 0 Å². The van der Waals surface area contributed by atoms with E-state index in [0.717, 1.165) is 16.0 Å². The number of aromatic nitrogens is 1. The monoisotopic (exact) mass is 424 g/mol. The molecule has 2 aromatic carbocycles. The number of amides is 1. The van der Waals surface area contributed by atoms with Gasteiger partial charge in [0.15, 0.2) is 4.80 Å². The van der Waals surface area contributed by atoms with Crippen molar-refractivity contribution in [3.8, 4) is 5.75 Å². The summed E-state index contributed by atoms with van der Waals surface area (Å²) in [6.07, 6.45) is 0. The molecule has 0 saturated heterocycles. The van der Waals surface area contributed by atoms with Crippen LogP contribution in [0.2, 0.25) is 10.0 Å². The van der Waals surface area contributed by atoms with Crippen molar-refractivity contribution < 1.29 is 14.3 Å². The Hall–Kier alpha value is -1.86. The largest absolute Gasteiger partial charge is 0.492 e. The van der Waals surface area contributed by atoms with E-state index in [4.69, 9.17) is 32.7 Å². The fourth-order valence-corrected chi connectivity index (χ4v) is 4.27. The summed E-state index contributed by atoms with van der Waals surface area (Å²) >= 11 is 13.4. The van der Waals surface area contributed by atoms with Crippen LogP contribution in [0.4, 0.5) is 0 Å². The highest BCUT2D eigenvalue weighted by molar-refractivity contribution is 7.16. The molecule has 0 atom stereocenters. The third kappa shape index (κ3) is 4.52. The number of rotatable bonds is 6. The number of hydrogen-bond acceptors (Lipinski definition) is 4. The molecule has 0 radical (unpaired) electrons. The van der Waals surface area contributed by atoms with Gasteiger partial charge < -0.3 is 14.0 Å². The number of carbonyl (C=O) groups is 1. The molecule has 142 valence electrons. The van der Waals surface area contributed by atoms with E-state index in [1.165, 1.54) is 11.3 Å². The molecule has 3 rings (SSSR count). The summed E-state index contributed by atoms with van der Waals surface area (Å²) in [4.78, 5) is 17.6. The Morgan fingerprint density at radius 3 is 2.63 bits per heavy atom. The fraction of sp³-hybridized carbons (Fsp3) is 0.263. The van der Waals surface area contributed by atoms with Gasteiger partial charge in [-0.25, -0.2) is 0 Å². The molecule has 0 fully saturated rings. The first kappa shape index (κ1) is 19.9. The number of thiazole rings is 1. The Kier molecular flexibility index (Phi) is 6.55. The average molecular weight is 425 g/mol. The van der Waals surface area contributed by atoms with Gasteiger partial charge >= 0.3 is 0 Å². The van der Waals surface area contributed by atoms with E-state index in [2.05, 4.69) is 4.99 Å². The number of methoxy groups -OCH3 is 1. The normalized spacial score (nSPS) is 11.9. The first-order valence-electron chi connectivity index (χ1n) is 8.32. The minimum atomic E-state index is -0.407. The van der Waals surface area contributed by atoms with E-state index in [0.29, 0.717) is 40.2 Å². The van der Waals surface area contributed by atoms with Crippen molar-refractivity contribution >= 4 is 50.7 Å². The van der Waals surface area contributed by atoms with E-state index in [-0.39, 0.29) is 0 Å². The highest BCUT2D eigenvalue weighted by Crippen LogP contribution is 2.28. The molecule has 1 heterocycles. The van der Waals surface area contributed by atoms with Crippen molar-refractivity contribution in [2.75, 3.05) is 20.3 Å². The van der Waals surface area contributed by atoms with E-state index in [1.54, 1.807) is 25.3 Å². The molecule has 0 aliphatic heterocycles. The van der Waals surface area contributed by atoms with Crippen LogP contribution in [-0.2, 0) is 11.3 Å². The molecule has 0 bridgehead atoms. The highest BCUT2D eigenvalue weighted by atomic mass is 35.5. The Morgan fingerprint density at radius 1 is 1.22 bits per heavy atom. The van der Waals surface area contributed by atoms with E-state index in [9.17, 15) is 4.79 Å². The van der Waals surface area contributed by atoms with Crippen LogP contribution in [0.25, 0.3) is 10.2 Å². The van der Waals surface area contributed by atoms with Gasteiger partial charge in [0.05, 0.1) is 17.9 Å². The lowest BCUT2D eigenvalue weighted by molar-refractivity contribution is 0.0997. The summed E-state index contributed by atoms with van der Waals surface area (Å²) in [7, 11) is 1.63. The van der Waals surface area contributed by atoms with Crippen LogP contribution in [0.5, 0.6) is 5.75 Å². The number of para-hydroxylation sites is 1. The molecule has 0 aliphatic rings. The Bertz CT molecular complexity index is 1020. The van der Waals surface area contributed by atoms with Gasteiger partial charge in [-0.3, -0.25) is 4.79 Å². The number of carbonyl (C=O) groups excluding carboxylic acids is 1. The molecule has 8 heteroatoms. The van der Waals surface area contributed by atoms with Gasteiger partial charge in [-0.05, 0) is 37.3 Å². The zero-order chi connectivity index (χ0) is 19.4. The third-order valence-corrected chi connectivity index (χ3v) is 5.27. The molecule has 0 unspecified atom stereocenters. The maximum absolute atomic E-state index is 12.7. The van der Waals surface area contributed by atoms with E-state index in [1.807, 2.05) is 29.7 Å². The molecule has 0 spiro atoms. The van der Waals surface area contributed by atoms with E-state index < -0.39 is 5.91 Å². The van der Waals surface area contributed by atoms with Crippen LogP contribution in [-0.4, -0.2) is 30.8 Å². The Balaban J connectivity index is 2.15. The quantitative estimate of drug-likeness (QED) is 0.570. The summed E-state index contributed by atoms with van der Waals surface area (Å²) < 4.78 is 13.9. The van der Waals surface area contributed by atoms with Crippen molar-refractivity contribution in [2.24, 2.45) is 4.99 Å². The molecule has 0 aliphatic carbocycles. The summed E-state index contributed by atoms with van der Waals surface area (Å²) in [6.45, 7) is 3.51. The first-order valence-corrected chi connectivity index (χ1v) is 9.90. The van der Waals surface area contributed by atoms with Crippen LogP contribution >= 0.6 is 34.5 Å². The zero-order valence-electron chi connectivity index (χ0n) is 14.9. The van der Waals surface area contributed by atoms with Gasteiger partial charge in [0, 0.05) is 29.3 Å². The zero-order valence-corrected chi connectivity index (χ0v) is 17.2. The minimum absolute atomic E-state index is 0.341. The molecular weight excluding hydrogens is 407 g/mol. The molecule has 27 heavy (non-hydrogen) atoms. The first-order chi connectivity index (χ1) is 13.0. The third-order valence-electron chi connectivity index (χ3n) is 3.79. The predicted molar refractivity (Wildman–Crippen MR) is 109 cm³/mol. The van der Waals surface area contributed by atoms with Gasteiger partial charge in [-0.15, -0.1) is 0 Å². The Labute approximate surface area is 170 Å². The van der Waals surface area contributed by atoms with Crippen LogP contribution in [0.3, 0.4) is 0 Å². The smallest absolute Gasteiger partial charge is 0.279 e. The number of benzene rings is 2. The molecular formula is C19H18Cl2N2O3S. The van der Waals surface area contributed by atoms with Crippen molar-refractivity contribution in [2.45, 2.75) is 13.5 Å². The lowest BCUT2D eigenvalue weighted by Gasteiger charge is -2.09. The lowest BCUT2D eigenvalue weighted by Crippen LogP contribution is -2.19. The second-order valence-corrected chi connectivity index (χ2v) is 7.52. The van der Waals surface area contributed by atoms with Crippen LogP contribution < -0.4 is 9.54 Å². The molecule has 0 N–H and O–H groups in total. The average Bonchev–Trinajstić information content (AvgIpc) is 2.97. The number of ether oxygens (including phenoxy) is 2. The number of nitrogens with zero attached hydrogens (tertiary/aromatic N) is 2. The van der Waals surface area contributed by atoms with E-state index >= 15 is 0 Å². The number of fused-ring (bicyclic) bond motifs is 1. The van der Waals surface area contributed by atoms with Crippen LogP contribution in [0.1, 0.15) is 17.3 Å². The molecule has 1 amide bonds. The molecule has 1 aromatic heterocycles. The van der Waals surface area contributed by atoms with Crippen molar-refractivity contribution in [1.82, 2.24) is 4.57 Å². The SMILES string of the molecule is CCOc1cccc2sc(=NC(=O)c3cc(Cl)cc(Cl)c3)n(CCOC)c12. The van der Waals surface area contributed by atoms with Crippen LogP contribution in [0, 0.1) is 0 Å². The number of halogens is 2. The highest BCUT2D eigenvalue weighted by Gasteiger charge is 2.14. The van der Waals surface area contributed by atoms with Gasteiger partial charge in [-0.1, -0.05) is 40.6 Å². The van der Waals surface area contributed by atoms with Crippen molar-refractivity contribution in [1.29, 1.82) is 0 Å². The second kappa shape index (κ2) is 8.89. The topological polar surface area (TPSA) is 52.8 Å². The Morgan fingerprint density at radius 2 is 1.96 bits per heavy atom. The van der Waals surface area contributed by atoms with Crippen molar-refractivity contribution in [3.63, 3.8) is 0 Å². The van der Waals surface area contributed by atoms with Crippen molar-refractivity contribution in [3.05, 3.63) is 56.8 Å². The summed E-state index contributed by atoms with van der Waals surface area (Å²) in [5.74, 6) is 0.345. The predicted octanol–water partition coefficient (Wildman–Crippen LogP) is 4.80. The van der Waals surface area contributed by atoms with Crippen LogP contribution in [0.15, 0.2) is 41.4 Å². The van der Waals surface area contributed by atoms with Gasteiger partial charge in [-0.2, -0.15) is 4.99 Å². The maximum atomic E-state index is 12.7. The summed E-state index contributed by atoms with van der Waals surface area (Å²) in [5.41, 5.74) is 1.24. The summed E-state index contributed by atoms with van der Waals surface area (Å²) in [6, 6.07) is 10.5. The van der Waals surface area contributed by atoms with Gasteiger partial charge in [0.25, 0.3) is 5.91 Å². The fourth-order valence-electron chi connectivity index (χ4n) is 2.67. The minimum Gasteiger partial charge on any atom is -0.492 e. The summed E-state index contributed by atoms with van der Waals surface area (Å²) in [5, 5.41) is 0.784. The lowest BCUT2D eigenvalue weighted by atomic mass is 10.2. The molecule has 3 aromatic rings. The number of hydrogen-bond donors (Lipinski definition) is 0. The second-order valence-electron chi connectivity index (χ2n) is 5.64. The standard InChI is InChI=1S/C19H18Cl2N2O3S/c1-3-26-15-5-4-6-16-17(15)23(7-8-25-2)19(27-16)22-18(24)12-9-13(20)11-14(21)10-12/h4-6,9-11H,3,7-8H2,1-2H3. The maximum Gasteiger partial charge on any atom is 0.279 e. The molecule has 5 nitrogen and oxygen atoms in total. The van der Waals surface area contributed by atoms with Gasteiger partial charge in [0.1, 0.15) is 11.3 Å².